The van der Waals surface area contributed by atoms with E-state index in [4.69, 9.17) is 0 Å². The molecule has 1 aromatic heterocycles. The van der Waals surface area contributed by atoms with E-state index in [2.05, 4.69) is 18.1 Å². The van der Waals surface area contributed by atoms with E-state index in [9.17, 15) is 8.78 Å². The number of aromatic nitrogens is 2. The molecule has 0 atom stereocenters. The van der Waals surface area contributed by atoms with Gasteiger partial charge in [0.1, 0.15) is 0 Å². The van der Waals surface area contributed by atoms with Crippen molar-refractivity contribution in [2.75, 3.05) is 0 Å². The summed E-state index contributed by atoms with van der Waals surface area (Å²) in [7, 11) is 0. The van der Waals surface area contributed by atoms with Gasteiger partial charge in [0.2, 0.25) is 0 Å². The smallest absolute Gasteiger partial charge is 0.256 e. The Morgan fingerprint density at radius 2 is 2.18 bits per heavy atom. The molecule has 0 unspecified atom stereocenters. The summed E-state index contributed by atoms with van der Waals surface area (Å²) in [6, 6.07) is 0. The summed E-state index contributed by atoms with van der Waals surface area (Å²) in [4.78, 5) is 3.73. The molecule has 0 spiro atoms. The van der Waals surface area contributed by atoms with Gasteiger partial charge in [-0.2, -0.15) is 0 Å². The van der Waals surface area contributed by atoms with Crippen LogP contribution in [0.4, 0.5) is 8.78 Å². The van der Waals surface area contributed by atoms with Crippen molar-refractivity contribution in [1.82, 2.24) is 9.55 Å². The average Bonchev–Trinajstić information content (AvgIpc) is 2.18. The third kappa shape index (κ3) is 1.63. The highest BCUT2D eigenvalue weighted by Gasteiger charge is 2.03. The van der Waals surface area contributed by atoms with Crippen molar-refractivity contribution in [3.63, 3.8) is 0 Å². The minimum absolute atomic E-state index is 0.360. The van der Waals surface area contributed by atoms with E-state index in [1.54, 1.807) is 0 Å². The zero-order chi connectivity index (χ0) is 8.43. The Balaban J connectivity index is 2.97. The van der Waals surface area contributed by atoms with Gasteiger partial charge in [-0.05, 0) is 0 Å². The Labute approximate surface area is 62.5 Å². The molecule has 0 saturated carbocycles. The van der Waals surface area contributed by atoms with E-state index in [-0.39, 0.29) is 6.54 Å². The zero-order valence-corrected chi connectivity index (χ0v) is 5.93. The lowest BCUT2D eigenvalue weighted by Crippen LogP contribution is -2.28. The molecule has 1 rings (SSSR count). The Bertz CT molecular complexity index is 329. The Morgan fingerprint density at radius 1 is 1.55 bits per heavy atom. The molecule has 0 bridgehead atoms. The summed E-state index contributed by atoms with van der Waals surface area (Å²) in [6.45, 7) is 6.69. The number of hydrogen-bond acceptors (Lipinski definition) is 1. The largest absolute Gasteiger partial charge is 0.325 e. The van der Waals surface area contributed by atoms with Gasteiger partial charge in [-0.25, -0.2) is 13.8 Å². The minimum Gasteiger partial charge on any atom is -0.325 e. The fraction of sp³-hybridized carbons (Fsp3) is 0.286. The van der Waals surface area contributed by atoms with Crippen molar-refractivity contribution in [2.24, 2.45) is 0 Å². The van der Waals surface area contributed by atoms with Crippen LogP contribution in [0.3, 0.4) is 0 Å². The second-order valence-electron chi connectivity index (χ2n) is 2.18. The van der Waals surface area contributed by atoms with Gasteiger partial charge in [0.25, 0.3) is 6.43 Å². The van der Waals surface area contributed by atoms with E-state index in [1.807, 2.05) is 0 Å². The van der Waals surface area contributed by atoms with Gasteiger partial charge < -0.3 is 4.57 Å². The first kappa shape index (κ1) is 7.91. The summed E-state index contributed by atoms with van der Waals surface area (Å²) < 4.78 is 24.9. The van der Waals surface area contributed by atoms with E-state index >= 15 is 0 Å². The van der Waals surface area contributed by atoms with Crippen LogP contribution in [0, 0.1) is 0 Å². The number of alkyl halides is 2. The van der Waals surface area contributed by atoms with Crippen molar-refractivity contribution in [2.45, 2.75) is 13.0 Å². The third-order valence-electron chi connectivity index (χ3n) is 1.37. The molecule has 1 heterocycles. The van der Waals surface area contributed by atoms with Crippen LogP contribution in [0.1, 0.15) is 0 Å². The van der Waals surface area contributed by atoms with Gasteiger partial charge in [0, 0.05) is 0 Å². The molecule has 0 aliphatic carbocycles. The quantitative estimate of drug-likeness (QED) is 0.591. The van der Waals surface area contributed by atoms with Crippen LogP contribution in [0.25, 0.3) is 13.2 Å². The zero-order valence-electron chi connectivity index (χ0n) is 5.93. The predicted octanol–water partition coefficient (Wildman–Crippen LogP) is -0.0312. The second-order valence-corrected chi connectivity index (χ2v) is 2.18. The maximum Gasteiger partial charge on any atom is 0.256 e. The van der Waals surface area contributed by atoms with Gasteiger partial charge in [-0.3, -0.25) is 0 Å². The highest BCUT2D eigenvalue weighted by Crippen LogP contribution is 1.92. The first-order valence-electron chi connectivity index (χ1n) is 3.08. The molecule has 2 nitrogen and oxygen atoms in total. The van der Waals surface area contributed by atoms with Gasteiger partial charge in [-0.1, -0.05) is 13.2 Å². The van der Waals surface area contributed by atoms with Crippen LogP contribution in [-0.2, 0) is 6.54 Å². The molecule has 0 saturated heterocycles. The molecular formula is C7H8F2N2. The molecule has 0 N–H and O–H groups in total. The van der Waals surface area contributed by atoms with E-state index in [0.29, 0.717) is 10.7 Å². The summed E-state index contributed by atoms with van der Waals surface area (Å²) in [5, 5.41) is 0.899. The predicted molar refractivity (Wildman–Crippen MR) is 38.5 cm³/mol. The fourth-order valence-electron chi connectivity index (χ4n) is 0.755. The Hall–Kier alpha value is -1.19. The first-order valence-corrected chi connectivity index (χ1v) is 3.08. The number of imidazole rings is 1. The van der Waals surface area contributed by atoms with Crippen molar-refractivity contribution in [3.05, 3.63) is 17.0 Å². The molecule has 0 aliphatic heterocycles. The molecule has 4 heteroatoms. The van der Waals surface area contributed by atoms with Crippen LogP contribution >= 0.6 is 0 Å². The van der Waals surface area contributed by atoms with Crippen molar-refractivity contribution >= 4 is 13.2 Å². The Kier molecular flexibility index (Phi) is 2.03. The van der Waals surface area contributed by atoms with Crippen LogP contribution < -0.4 is 10.7 Å². The lowest BCUT2D eigenvalue weighted by Gasteiger charge is -1.98. The van der Waals surface area contributed by atoms with E-state index in [1.165, 1.54) is 10.9 Å². The van der Waals surface area contributed by atoms with E-state index in [0.717, 1.165) is 0 Å². The Morgan fingerprint density at radius 3 is 2.55 bits per heavy atom. The monoisotopic (exact) mass is 158 g/mol. The van der Waals surface area contributed by atoms with Crippen LogP contribution in [0.15, 0.2) is 6.33 Å². The average molecular weight is 158 g/mol. The molecule has 0 amide bonds. The standard InChI is InChI=1S/C7H8F2N2/c1-5-6(2)11(4-10-5)3-7(8)9/h4,7H,1-3H2. The van der Waals surface area contributed by atoms with Gasteiger partial charge in [0.05, 0.1) is 23.6 Å². The molecular weight excluding hydrogens is 150 g/mol. The molecule has 60 valence electrons. The molecule has 0 fully saturated rings. The van der Waals surface area contributed by atoms with Crippen molar-refractivity contribution < 1.29 is 8.78 Å². The van der Waals surface area contributed by atoms with E-state index < -0.39 is 6.43 Å². The second kappa shape index (κ2) is 2.82. The maximum absolute atomic E-state index is 11.8. The fourth-order valence-corrected chi connectivity index (χ4v) is 0.755. The van der Waals surface area contributed by atoms with Gasteiger partial charge in [0.15, 0.2) is 0 Å². The molecule has 0 aliphatic rings. The van der Waals surface area contributed by atoms with Crippen molar-refractivity contribution in [3.8, 4) is 0 Å². The number of rotatable bonds is 2. The summed E-state index contributed by atoms with van der Waals surface area (Å²) in [5.74, 6) is 0. The summed E-state index contributed by atoms with van der Waals surface area (Å²) in [6.07, 6.45) is -1.05. The highest BCUT2D eigenvalue weighted by atomic mass is 19.3. The lowest BCUT2D eigenvalue weighted by atomic mass is 10.6. The summed E-state index contributed by atoms with van der Waals surface area (Å²) in [5.41, 5.74) is 0. The third-order valence-corrected chi connectivity index (χ3v) is 1.37. The summed E-state index contributed by atoms with van der Waals surface area (Å²) >= 11 is 0. The minimum atomic E-state index is -2.37. The highest BCUT2D eigenvalue weighted by molar-refractivity contribution is 5.03. The van der Waals surface area contributed by atoms with Gasteiger partial charge >= 0.3 is 0 Å². The first-order chi connectivity index (χ1) is 5.11. The number of halogens is 2. The maximum atomic E-state index is 11.8. The van der Waals surface area contributed by atoms with Crippen molar-refractivity contribution in [1.29, 1.82) is 0 Å². The van der Waals surface area contributed by atoms with Crippen LogP contribution in [0.2, 0.25) is 0 Å². The normalized spacial score (nSPS) is 10.8. The lowest BCUT2D eigenvalue weighted by molar-refractivity contribution is 0.125. The SMILES string of the molecule is C=c1ncn(CC(F)F)c1=C. The van der Waals surface area contributed by atoms with Gasteiger partial charge in [-0.15, -0.1) is 0 Å². The molecule has 1 aromatic rings. The molecule has 11 heavy (non-hydrogen) atoms. The van der Waals surface area contributed by atoms with Crippen LogP contribution in [-0.4, -0.2) is 16.0 Å². The topological polar surface area (TPSA) is 17.8 Å². The number of nitrogens with zero attached hydrogens (tertiary/aromatic N) is 2. The number of hydrogen-bond donors (Lipinski definition) is 0. The van der Waals surface area contributed by atoms with Crippen LogP contribution in [0.5, 0.6) is 0 Å². The molecule has 0 radical (unpaired) electrons. The molecule has 0 aromatic carbocycles.